The molecule has 0 amide bonds. The maximum absolute atomic E-state index is 12.0. The number of primary sulfonamides is 1. The molecular formula is C15H16N2O4S2. The monoisotopic (exact) mass is 352 g/mol. The lowest BCUT2D eigenvalue weighted by atomic mass is 10.2. The first-order chi connectivity index (χ1) is 10.7. The van der Waals surface area contributed by atoms with Crippen LogP contribution < -0.4 is 9.86 Å². The normalized spacial score (nSPS) is 12.4. The largest absolute Gasteiger partial charge is 0.280 e. The van der Waals surface area contributed by atoms with Crippen LogP contribution in [0.4, 0.5) is 5.69 Å². The second kappa shape index (κ2) is 6.53. The van der Waals surface area contributed by atoms with Crippen molar-refractivity contribution >= 4 is 31.8 Å². The average molecular weight is 352 g/mol. The Morgan fingerprint density at radius 2 is 1.48 bits per heavy atom. The molecule has 0 unspecified atom stereocenters. The van der Waals surface area contributed by atoms with Gasteiger partial charge in [-0.25, -0.2) is 22.0 Å². The summed E-state index contributed by atoms with van der Waals surface area (Å²) in [7, 11) is -7.51. The highest BCUT2D eigenvalue weighted by atomic mass is 32.2. The average Bonchev–Trinajstić information content (AvgIpc) is 2.46. The molecule has 0 atom stereocenters. The molecule has 2 rings (SSSR count). The molecule has 0 heterocycles. The molecule has 122 valence electrons. The number of nitrogens with two attached hydrogens (primary N) is 1. The van der Waals surface area contributed by atoms with Crippen molar-refractivity contribution in [2.75, 3.05) is 4.72 Å². The van der Waals surface area contributed by atoms with Gasteiger partial charge in [-0.15, -0.1) is 0 Å². The van der Waals surface area contributed by atoms with Gasteiger partial charge in [0.2, 0.25) is 10.0 Å². The SMILES string of the molecule is Cc1ccc(/C=C/S(=O)(=O)Nc2ccc(S(N)(=O)=O)cc2)cc1. The molecule has 0 aliphatic heterocycles. The number of hydrogen-bond acceptors (Lipinski definition) is 4. The number of nitrogens with one attached hydrogen (secondary N) is 1. The van der Waals surface area contributed by atoms with Gasteiger partial charge in [-0.05, 0) is 42.8 Å². The molecule has 0 saturated heterocycles. The Labute approximate surface area is 135 Å². The van der Waals surface area contributed by atoms with Crippen molar-refractivity contribution in [3.05, 3.63) is 65.1 Å². The molecule has 6 nitrogen and oxygen atoms in total. The van der Waals surface area contributed by atoms with Crippen LogP contribution in [0.3, 0.4) is 0 Å². The van der Waals surface area contributed by atoms with E-state index in [0.29, 0.717) is 0 Å². The number of rotatable bonds is 5. The van der Waals surface area contributed by atoms with E-state index in [0.717, 1.165) is 16.5 Å². The minimum absolute atomic E-state index is 0.0874. The topological polar surface area (TPSA) is 106 Å². The summed E-state index contributed by atoms with van der Waals surface area (Å²) in [6, 6.07) is 12.5. The Balaban J connectivity index is 2.13. The lowest BCUT2D eigenvalue weighted by Crippen LogP contribution is -2.12. The van der Waals surface area contributed by atoms with Crippen LogP contribution in [0.2, 0.25) is 0 Å². The van der Waals surface area contributed by atoms with Gasteiger partial charge in [0.05, 0.1) is 10.3 Å². The highest BCUT2D eigenvalue weighted by Crippen LogP contribution is 2.15. The van der Waals surface area contributed by atoms with Gasteiger partial charge in [0, 0.05) is 5.69 Å². The van der Waals surface area contributed by atoms with Gasteiger partial charge in [-0.3, -0.25) is 4.72 Å². The summed E-state index contributed by atoms with van der Waals surface area (Å²) in [5.41, 5.74) is 2.08. The quantitative estimate of drug-likeness (QED) is 0.859. The molecule has 0 spiro atoms. The van der Waals surface area contributed by atoms with Crippen molar-refractivity contribution in [3.8, 4) is 0 Å². The molecule has 0 fully saturated rings. The summed E-state index contributed by atoms with van der Waals surface area (Å²) in [5.74, 6) is 0. The van der Waals surface area contributed by atoms with Gasteiger partial charge >= 0.3 is 0 Å². The zero-order valence-corrected chi connectivity index (χ0v) is 13.9. The van der Waals surface area contributed by atoms with Crippen molar-refractivity contribution in [2.45, 2.75) is 11.8 Å². The van der Waals surface area contributed by atoms with E-state index in [2.05, 4.69) is 4.72 Å². The van der Waals surface area contributed by atoms with Gasteiger partial charge < -0.3 is 0 Å². The Kier molecular flexibility index (Phi) is 4.88. The zero-order valence-electron chi connectivity index (χ0n) is 12.3. The molecule has 0 aromatic heterocycles. The Morgan fingerprint density at radius 3 is 2.00 bits per heavy atom. The first-order valence-corrected chi connectivity index (χ1v) is 9.65. The van der Waals surface area contributed by atoms with Gasteiger partial charge in [0.25, 0.3) is 10.0 Å². The molecule has 2 aromatic rings. The summed E-state index contributed by atoms with van der Waals surface area (Å²) >= 11 is 0. The van der Waals surface area contributed by atoms with Crippen LogP contribution in [0.25, 0.3) is 6.08 Å². The minimum Gasteiger partial charge on any atom is -0.280 e. The highest BCUT2D eigenvalue weighted by Gasteiger charge is 2.09. The molecule has 0 aliphatic carbocycles. The Bertz CT molecular complexity index is 914. The van der Waals surface area contributed by atoms with Crippen molar-refractivity contribution in [1.82, 2.24) is 0 Å². The summed E-state index contributed by atoms with van der Waals surface area (Å²) in [6.07, 6.45) is 1.47. The van der Waals surface area contributed by atoms with Crippen LogP contribution >= 0.6 is 0 Å². The summed E-state index contributed by atoms with van der Waals surface area (Å²) < 4.78 is 48.6. The van der Waals surface area contributed by atoms with Crippen LogP contribution in [-0.2, 0) is 20.0 Å². The van der Waals surface area contributed by atoms with E-state index in [1.54, 1.807) is 0 Å². The van der Waals surface area contributed by atoms with E-state index < -0.39 is 20.0 Å². The molecule has 2 aromatic carbocycles. The Hall–Kier alpha value is -2.16. The molecule has 0 radical (unpaired) electrons. The summed E-state index contributed by atoms with van der Waals surface area (Å²) in [4.78, 5) is -0.0874. The predicted molar refractivity (Wildman–Crippen MR) is 90.6 cm³/mol. The van der Waals surface area contributed by atoms with Gasteiger partial charge in [-0.2, -0.15) is 0 Å². The van der Waals surface area contributed by atoms with Crippen molar-refractivity contribution in [2.24, 2.45) is 5.14 Å². The minimum atomic E-state index is -3.80. The van der Waals surface area contributed by atoms with Crippen LogP contribution in [-0.4, -0.2) is 16.8 Å². The molecule has 0 aliphatic rings. The first kappa shape index (κ1) is 17.2. The van der Waals surface area contributed by atoms with Gasteiger partial charge in [-0.1, -0.05) is 29.8 Å². The smallest absolute Gasteiger partial charge is 0.255 e. The number of aryl methyl sites for hydroxylation is 1. The van der Waals surface area contributed by atoms with Crippen LogP contribution in [0.15, 0.2) is 58.8 Å². The molecule has 0 bridgehead atoms. The lowest BCUT2D eigenvalue weighted by Gasteiger charge is -2.05. The third-order valence-corrected chi connectivity index (χ3v) is 4.90. The molecule has 0 saturated carbocycles. The number of benzene rings is 2. The van der Waals surface area contributed by atoms with Crippen LogP contribution in [0.5, 0.6) is 0 Å². The fraction of sp³-hybridized carbons (Fsp3) is 0.0667. The molecule has 8 heteroatoms. The maximum Gasteiger partial charge on any atom is 0.255 e. The van der Waals surface area contributed by atoms with Gasteiger partial charge in [0.15, 0.2) is 0 Å². The number of sulfonamides is 2. The van der Waals surface area contributed by atoms with E-state index >= 15 is 0 Å². The predicted octanol–water partition coefficient (Wildman–Crippen LogP) is 2.06. The molecule has 3 N–H and O–H groups in total. The maximum atomic E-state index is 12.0. The van der Waals surface area contributed by atoms with Gasteiger partial charge in [0.1, 0.15) is 0 Å². The Morgan fingerprint density at radius 1 is 0.913 bits per heavy atom. The second-order valence-electron chi connectivity index (χ2n) is 4.93. The molecule has 23 heavy (non-hydrogen) atoms. The van der Waals surface area contributed by atoms with E-state index in [-0.39, 0.29) is 10.6 Å². The van der Waals surface area contributed by atoms with Crippen molar-refractivity contribution in [3.63, 3.8) is 0 Å². The summed E-state index contributed by atoms with van der Waals surface area (Å²) in [5, 5.41) is 6.03. The van der Waals surface area contributed by atoms with E-state index in [1.807, 2.05) is 31.2 Å². The van der Waals surface area contributed by atoms with E-state index in [9.17, 15) is 16.8 Å². The lowest BCUT2D eigenvalue weighted by molar-refractivity contribution is 0.597. The van der Waals surface area contributed by atoms with E-state index in [1.165, 1.54) is 30.3 Å². The summed E-state index contributed by atoms with van der Waals surface area (Å²) in [6.45, 7) is 1.94. The fourth-order valence-electron chi connectivity index (χ4n) is 1.76. The van der Waals surface area contributed by atoms with Crippen molar-refractivity contribution < 1.29 is 16.8 Å². The molecular weight excluding hydrogens is 336 g/mol. The third-order valence-electron chi connectivity index (χ3n) is 2.96. The van der Waals surface area contributed by atoms with Crippen LogP contribution in [0, 0.1) is 6.92 Å². The highest BCUT2D eigenvalue weighted by molar-refractivity contribution is 7.95. The van der Waals surface area contributed by atoms with E-state index in [4.69, 9.17) is 5.14 Å². The first-order valence-electron chi connectivity index (χ1n) is 6.56. The zero-order chi connectivity index (χ0) is 17.1. The standard InChI is InChI=1S/C15H16N2O4S2/c1-12-2-4-13(5-3-12)10-11-22(18,19)17-14-6-8-15(9-7-14)23(16,20)21/h2-11,17H,1H3,(H2,16,20,21)/b11-10+. The number of hydrogen-bond donors (Lipinski definition) is 2. The third kappa shape index (κ3) is 5.20. The second-order valence-corrected chi connectivity index (χ2v) is 8.06. The van der Waals surface area contributed by atoms with Crippen molar-refractivity contribution in [1.29, 1.82) is 0 Å². The number of anilines is 1. The fourth-order valence-corrected chi connectivity index (χ4v) is 3.14. The van der Waals surface area contributed by atoms with Crippen LogP contribution in [0.1, 0.15) is 11.1 Å².